The number of hydrogen-bond donors (Lipinski definition) is 0. The molecule has 1 heterocycles. The number of benzene rings is 1. The largest absolute Gasteiger partial charge is 0.288 e. The zero-order valence-corrected chi connectivity index (χ0v) is 8.63. The number of hydrogen-bond acceptors (Lipinski definition) is 4. The maximum atomic E-state index is 10.6. The maximum Gasteiger partial charge on any atom is 0.288 e. The van der Waals surface area contributed by atoms with Crippen LogP contribution in [-0.2, 0) is 0 Å². The van der Waals surface area contributed by atoms with Gasteiger partial charge in [0.1, 0.15) is 9.30 Å². The normalized spacial score (nSPS) is 10.5. The van der Waals surface area contributed by atoms with Crippen molar-refractivity contribution in [3.63, 3.8) is 0 Å². The molecule has 0 fully saturated rings. The van der Waals surface area contributed by atoms with E-state index in [4.69, 9.17) is 0 Å². The van der Waals surface area contributed by atoms with E-state index in [9.17, 15) is 10.1 Å². The molecule has 0 amide bonds. The highest BCUT2D eigenvalue weighted by Crippen LogP contribution is 2.33. The predicted octanol–water partition coefficient (Wildman–Crippen LogP) is 2.97. The van der Waals surface area contributed by atoms with Crippen LogP contribution in [0, 0.1) is 10.1 Å². The Balaban J connectivity index is 2.84. The molecule has 0 aliphatic heterocycles. The second kappa shape index (κ2) is 3.04. The average molecular weight is 259 g/mol. The van der Waals surface area contributed by atoms with Crippen molar-refractivity contribution in [2.75, 3.05) is 0 Å². The van der Waals surface area contributed by atoms with E-state index in [0.717, 1.165) is 16.9 Å². The molecule has 13 heavy (non-hydrogen) atoms. The summed E-state index contributed by atoms with van der Waals surface area (Å²) < 4.78 is 5.27. The molecule has 0 aliphatic carbocycles. The molecular weight excluding hydrogens is 256 g/mol. The van der Waals surface area contributed by atoms with Crippen molar-refractivity contribution in [1.82, 2.24) is 4.37 Å². The number of non-ortho nitro benzene ring substituents is 1. The number of aromatic nitrogens is 1. The molecule has 0 unspecified atom stereocenters. The molecule has 0 bridgehead atoms. The van der Waals surface area contributed by atoms with Gasteiger partial charge in [-0.25, -0.2) is 0 Å². The number of rotatable bonds is 1. The Hall–Kier alpha value is -1.01. The van der Waals surface area contributed by atoms with Gasteiger partial charge >= 0.3 is 0 Å². The summed E-state index contributed by atoms with van der Waals surface area (Å²) in [6.07, 6.45) is 0. The minimum absolute atomic E-state index is 0.112. The van der Waals surface area contributed by atoms with Gasteiger partial charge in [0, 0.05) is 11.5 Å². The van der Waals surface area contributed by atoms with Gasteiger partial charge in [0.15, 0.2) is 0 Å². The van der Waals surface area contributed by atoms with Crippen molar-refractivity contribution in [2.45, 2.75) is 0 Å². The van der Waals surface area contributed by atoms with Gasteiger partial charge in [-0.1, -0.05) is 12.1 Å². The molecule has 2 rings (SSSR count). The first-order chi connectivity index (χ1) is 6.20. The first-order valence-corrected chi connectivity index (χ1v) is 4.95. The second-order valence-electron chi connectivity index (χ2n) is 2.38. The first kappa shape index (κ1) is 8.58. The van der Waals surface area contributed by atoms with Crippen LogP contribution in [0.2, 0.25) is 0 Å². The Morgan fingerprint density at radius 1 is 1.54 bits per heavy atom. The van der Waals surface area contributed by atoms with E-state index in [1.807, 2.05) is 0 Å². The molecule has 1 aromatic carbocycles. The molecule has 0 radical (unpaired) electrons. The Morgan fingerprint density at radius 3 is 3.00 bits per heavy atom. The second-order valence-corrected chi connectivity index (χ2v) is 3.91. The molecule has 2 aromatic rings. The molecule has 0 N–H and O–H groups in total. The lowest BCUT2D eigenvalue weighted by molar-refractivity contribution is -0.382. The van der Waals surface area contributed by atoms with E-state index < -0.39 is 4.92 Å². The van der Waals surface area contributed by atoms with Crippen LogP contribution in [0.25, 0.3) is 10.1 Å². The van der Waals surface area contributed by atoms with Crippen molar-refractivity contribution in [3.8, 4) is 0 Å². The molecule has 0 spiro atoms. The zero-order chi connectivity index (χ0) is 9.42. The smallest absolute Gasteiger partial charge is 0.258 e. The van der Waals surface area contributed by atoms with E-state index in [0.29, 0.717) is 9.30 Å². The van der Waals surface area contributed by atoms with Crippen molar-refractivity contribution < 1.29 is 4.92 Å². The predicted molar refractivity (Wildman–Crippen MR) is 54.0 cm³/mol. The Morgan fingerprint density at radius 2 is 2.31 bits per heavy atom. The third kappa shape index (κ3) is 1.31. The molecule has 0 atom stereocenters. The quantitative estimate of drug-likeness (QED) is 0.584. The number of nitro benzene ring substituents is 1. The number of nitro groups is 1. The van der Waals surface area contributed by atoms with Gasteiger partial charge in [-0.15, -0.1) is 0 Å². The van der Waals surface area contributed by atoms with E-state index in [2.05, 4.69) is 20.3 Å². The lowest BCUT2D eigenvalue weighted by Gasteiger charge is -1.91. The monoisotopic (exact) mass is 258 g/mol. The summed E-state index contributed by atoms with van der Waals surface area (Å²) in [6, 6.07) is 4.93. The Kier molecular flexibility index (Phi) is 2.01. The summed E-state index contributed by atoms with van der Waals surface area (Å²) in [4.78, 5) is 10.2. The van der Waals surface area contributed by atoms with Crippen LogP contribution in [0.3, 0.4) is 0 Å². The molecule has 0 saturated heterocycles. The average Bonchev–Trinajstić information content (AvgIpc) is 2.48. The van der Waals surface area contributed by atoms with Crippen molar-refractivity contribution in [3.05, 3.63) is 32.9 Å². The van der Waals surface area contributed by atoms with Crippen LogP contribution in [0.1, 0.15) is 0 Å². The topological polar surface area (TPSA) is 56.0 Å². The van der Waals surface area contributed by atoms with Crippen LogP contribution in [0.5, 0.6) is 0 Å². The molecule has 1 aromatic heterocycles. The lowest BCUT2D eigenvalue weighted by Crippen LogP contribution is -1.86. The molecule has 0 aliphatic rings. The van der Waals surface area contributed by atoms with Crippen LogP contribution in [0.15, 0.2) is 22.8 Å². The van der Waals surface area contributed by atoms with Crippen LogP contribution < -0.4 is 0 Å². The fraction of sp³-hybridized carbons (Fsp3) is 0. The third-order valence-corrected chi connectivity index (χ3v) is 3.35. The van der Waals surface area contributed by atoms with Gasteiger partial charge in [0.2, 0.25) is 0 Å². The molecule has 6 heteroatoms. The highest BCUT2D eigenvalue weighted by atomic mass is 79.9. The summed E-state index contributed by atoms with van der Waals surface area (Å²) >= 11 is 4.36. The summed E-state index contributed by atoms with van der Waals surface area (Å²) in [6.45, 7) is 0. The standard InChI is InChI=1S/C7H3BrN2O2S/c8-7-4-2-1-3-5(10(11)12)6(4)13-9-7/h1-3H. The van der Waals surface area contributed by atoms with Gasteiger partial charge in [-0.3, -0.25) is 10.1 Å². The van der Waals surface area contributed by atoms with Gasteiger partial charge in [0.05, 0.1) is 4.92 Å². The highest BCUT2D eigenvalue weighted by Gasteiger charge is 2.14. The van der Waals surface area contributed by atoms with Crippen LogP contribution in [0.4, 0.5) is 5.69 Å². The summed E-state index contributed by atoms with van der Waals surface area (Å²) in [7, 11) is 0. The van der Waals surface area contributed by atoms with E-state index >= 15 is 0 Å². The van der Waals surface area contributed by atoms with Crippen LogP contribution in [-0.4, -0.2) is 9.30 Å². The summed E-state index contributed by atoms with van der Waals surface area (Å²) in [5.74, 6) is 0. The number of nitrogens with zero attached hydrogens (tertiary/aromatic N) is 2. The lowest BCUT2D eigenvalue weighted by atomic mass is 10.2. The van der Waals surface area contributed by atoms with E-state index in [1.165, 1.54) is 6.07 Å². The highest BCUT2D eigenvalue weighted by molar-refractivity contribution is 9.10. The van der Waals surface area contributed by atoms with E-state index in [-0.39, 0.29) is 5.69 Å². The molecule has 66 valence electrons. The minimum Gasteiger partial charge on any atom is -0.258 e. The fourth-order valence-electron chi connectivity index (χ4n) is 1.06. The van der Waals surface area contributed by atoms with Gasteiger partial charge in [-0.2, -0.15) is 4.37 Å². The Bertz CT molecular complexity index is 482. The maximum absolute atomic E-state index is 10.6. The zero-order valence-electron chi connectivity index (χ0n) is 6.23. The van der Waals surface area contributed by atoms with Gasteiger partial charge in [-0.05, 0) is 27.5 Å². The van der Waals surface area contributed by atoms with Crippen molar-refractivity contribution in [1.29, 1.82) is 0 Å². The SMILES string of the molecule is O=[N+]([O-])c1cccc2c(Br)nsc12. The number of fused-ring (bicyclic) bond motifs is 1. The van der Waals surface area contributed by atoms with Gasteiger partial charge < -0.3 is 0 Å². The summed E-state index contributed by atoms with van der Waals surface area (Å²) in [5, 5.41) is 11.4. The fourth-order valence-corrected chi connectivity index (χ4v) is 2.51. The third-order valence-electron chi connectivity index (χ3n) is 1.63. The Labute approximate surface area is 85.6 Å². The first-order valence-electron chi connectivity index (χ1n) is 3.38. The van der Waals surface area contributed by atoms with Crippen molar-refractivity contribution >= 4 is 43.2 Å². The minimum atomic E-state index is -0.396. The molecule has 0 saturated carbocycles. The number of halogens is 1. The van der Waals surface area contributed by atoms with Crippen molar-refractivity contribution in [2.24, 2.45) is 0 Å². The summed E-state index contributed by atoms with van der Waals surface area (Å²) in [5.41, 5.74) is 0.112. The van der Waals surface area contributed by atoms with Crippen LogP contribution >= 0.6 is 27.5 Å². The molecule has 4 nitrogen and oxygen atoms in total. The molecular formula is C7H3BrN2O2S. The van der Waals surface area contributed by atoms with Gasteiger partial charge in [0.25, 0.3) is 5.69 Å². The van der Waals surface area contributed by atoms with E-state index in [1.54, 1.807) is 12.1 Å².